The van der Waals surface area contributed by atoms with Crippen LogP contribution in [0.15, 0.2) is 42.4 Å². The van der Waals surface area contributed by atoms with Crippen LogP contribution in [-0.4, -0.2) is 35.5 Å². The van der Waals surface area contributed by atoms with E-state index >= 15 is 0 Å². The summed E-state index contributed by atoms with van der Waals surface area (Å²) >= 11 is 0. The molecule has 0 saturated carbocycles. The summed E-state index contributed by atoms with van der Waals surface area (Å²) in [5.41, 5.74) is 0.826. The standard InChI is InChI=1S/C17H21N3O2/c1-17(2,3)22-16(21)14(10-18)9-15(12-20(4)5)13-7-6-8-19-11-13/h6-9,11-12H,1-5H3. The third-order valence-corrected chi connectivity index (χ3v) is 2.43. The fraction of sp³-hybridized carbons (Fsp3) is 0.353. The van der Waals surface area contributed by atoms with Crippen LogP contribution < -0.4 is 0 Å². The number of rotatable bonds is 4. The van der Waals surface area contributed by atoms with Crippen molar-refractivity contribution in [3.63, 3.8) is 0 Å². The number of carbonyl (C=O) groups excluding carboxylic acids is 1. The van der Waals surface area contributed by atoms with E-state index in [0.717, 1.165) is 5.56 Å². The van der Waals surface area contributed by atoms with Crippen LogP contribution in [0.5, 0.6) is 0 Å². The second-order valence-electron chi connectivity index (χ2n) is 5.96. The molecule has 0 bridgehead atoms. The van der Waals surface area contributed by atoms with Gasteiger partial charge in [0, 0.05) is 43.8 Å². The van der Waals surface area contributed by atoms with E-state index in [1.165, 1.54) is 6.08 Å². The van der Waals surface area contributed by atoms with Gasteiger partial charge in [0.2, 0.25) is 0 Å². The summed E-state index contributed by atoms with van der Waals surface area (Å²) in [5, 5.41) is 9.25. The molecule has 0 N–H and O–H groups in total. The molecular formula is C17H21N3O2. The predicted molar refractivity (Wildman–Crippen MR) is 85.4 cm³/mol. The van der Waals surface area contributed by atoms with Gasteiger partial charge in [-0.05, 0) is 32.9 Å². The van der Waals surface area contributed by atoms with Crippen molar-refractivity contribution in [3.05, 3.63) is 47.9 Å². The number of carbonyl (C=O) groups is 1. The van der Waals surface area contributed by atoms with Gasteiger partial charge in [0.15, 0.2) is 0 Å². The van der Waals surface area contributed by atoms with Crippen molar-refractivity contribution in [2.75, 3.05) is 14.1 Å². The number of aromatic nitrogens is 1. The number of nitriles is 1. The van der Waals surface area contributed by atoms with Crippen LogP contribution in [0.3, 0.4) is 0 Å². The second kappa shape index (κ2) is 7.41. The number of pyridine rings is 1. The zero-order valence-electron chi connectivity index (χ0n) is 13.6. The minimum atomic E-state index is -0.646. The molecule has 22 heavy (non-hydrogen) atoms. The first kappa shape index (κ1) is 17.4. The van der Waals surface area contributed by atoms with E-state index in [1.54, 1.807) is 39.2 Å². The van der Waals surface area contributed by atoms with Crippen molar-refractivity contribution in [3.8, 4) is 6.07 Å². The maximum atomic E-state index is 12.1. The SMILES string of the molecule is CN(C)C=C(C=C(C#N)C(=O)OC(C)(C)C)c1cccnc1. The van der Waals surface area contributed by atoms with Crippen molar-refractivity contribution in [2.45, 2.75) is 26.4 Å². The average molecular weight is 299 g/mol. The van der Waals surface area contributed by atoms with Crippen molar-refractivity contribution in [2.24, 2.45) is 0 Å². The predicted octanol–water partition coefficient (Wildman–Crippen LogP) is 2.78. The van der Waals surface area contributed by atoms with E-state index in [0.29, 0.717) is 5.57 Å². The first-order chi connectivity index (χ1) is 10.2. The Bertz CT molecular complexity index is 618. The summed E-state index contributed by atoms with van der Waals surface area (Å²) in [4.78, 5) is 18.0. The number of hydrogen-bond acceptors (Lipinski definition) is 5. The molecule has 1 heterocycles. The molecule has 0 atom stereocenters. The van der Waals surface area contributed by atoms with Gasteiger partial charge in [-0.15, -0.1) is 0 Å². The maximum Gasteiger partial charge on any atom is 0.349 e. The molecule has 0 saturated heterocycles. The van der Waals surface area contributed by atoms with Gasteiger partial charge >= 0.3 is 5.97 Å². The minimum Gasteiger partial charge on any atom is -0.456 e. The summed E-state index contributed by atoms with van der Waals surface area (Å²) in [5.74, 6) is -0.636. The van der Waals surface area contributed by atoms with Gasteiger partial charge in [-0.25, -0.2) is 4.79 Å². The lowest BCUT2D eigenvalue weighted by molar-refractivity contribution is -0.149. The fourth-order valence-electron chi connectivity index (χ4n) is 1.63. The van der Waals surface area contributed by atoms with Crippen molar-refractivity contribution in [1.82, 2.24) is 9.88 Å². The Morgan fingerprint density at radius 1 is 1.41 bits per heavy atom. The van der Waals surface area contributed by atoms with E-state index in [-0.39, 0.29) is 5.57 Å². The highest BCUT2D eigenvalue weighted by molar-refractivity contribution is 5.96. The monoisotopic (exact) mass is 299 g/mol. The molecule has 5 heteroatoms. The summed E-state index contributed by atoms with van der Waals surface area (Å²) in [6.07, 6.45) is 6.68. The molecule has 0 aromatic carbocycles. The van der Waals surface area contributed by atoms with Gasteiger partial charge in [0.25, 0.3) is 0 Å². The molecular weight excluding hydrogens is 278 g/mol. The van der Waals surface area contributed by atoms with Crippen LogP contribution in [0.25, 0.3) is 5.57 Å². The van der Waals surface area contributed by atoms with Crippen LogP contribution in [0.4, 0.5) is 0 Å². The van der Waals surface area contributed by atoms with Gasteiger partial charge < -0.3 is 9.64 Å². The molecule has 0 amide bonds. The number of esters is 1. The average Bonchev–Trinajstić information content (AvgIpc) is 2.41. The van der Waals surface area contributed by atoms with E-state index in [2.05, 4.69) is 4.98 Å². The summed E-state index contributed by atoms with van der Waals surface area (Å²) in [7, 11) is 3.73. The summed E-state index contributed by atoms with van der Waals surface area (Å²) < 4.78 is 5.25. The summed E-state index contributed by atoms with van der Waals surface area (Å²) in [6.45, 7) is 5.28. The maximum absolute atomic E-state index is 12.1. The third kappa shape index (κ3) is 5.80. The van der Waals surface area contributed by atoms with Crippen molar-refractivity contribution in [1.29, 1.82) is 5.26 Å². The molecule has 0 aliphatic heterocycles. The highest BCUT2D eigenvalue weighted by Gasteiger charge is 2.20. The zero-order valence-corrected chi connectivity index (χ0v) is 13.6. The lowest BCUT2D eigenvalue weighted by Gasteiger charge is -2.19. The molecule has 0 aliphatic rings. The number of nitrogens with zero attached hydrogens (tertiary/aromatic N) is 3. The van der Waals surface area contributed by atoms with Crippen LogP contribution in [0.2, 0.25) is 0 Å². The summed E-state index contributed by atoms with van der Waals surface area (Å²) in [6, 6.07) is 5.57. The van der Waals surface area contributed by atoms with E-state index in [1.807, 2.05) is 37.3 Å². The fourth-order valence-corrected chi connectivity index (χ4v) is 1.63. The smallest absolute Gasteiger partial charge is 0.349 e. The highest BCUT2D eigenvalue weighted by Crippen LogP contribution is 2.19. The molecule has 0 fully saturated rings. The molecule has 1 aromatic heterocycles. The normalized spacial score (nSPS) is 12.5. The Morgan fingerprint density at radius 3 is 2.55 bits per heavy atom. The van der Waals surface area contributed by atoms with Crippen LogP contribution in [0.1, 0.15) is 26.3 Å². The Balaban J connectivity index is 3.20. The topological polar surface area (TPSA) is 66.2 Å². The van der Waals surface area contributed by atoms with E-state index in [9.17, 15) is 10.1 Å². The highest BCUT2D eigenvalue weighted by atomic mass is 16.6. The van der Waals surface area contributed by atoms with Crippen LogP contribution >= 0.6 is 0 Å². The molecule has 5 nitrogen and oxygen atoms in total. The zero-order chi connectivity index (χ0) is 16.8. The number of ether oxygens (including phenoxy) is 1. The van der Waals surface area contributed by atoms with Crippen molar-refractivity contribution >= 4 is 11.5 Å². The largest absolute Gasteiger partial charge is 0.456 e. The Labute approximate surface area is 131 Å². The Hall–Kier alpha value is -2.61. The molecule has 1 rings (SSSR count). The quantitative estimate of drug-likeness (QED) is 0.370. The van der Waals surface area contributed by atoms with E-state index < -0.39 is 11.6 Å². The van der Waals surface area contributed by atoms with Gasteiger partial charge in [0.1, 0.15) is 17.2 Å². The molecule has 116 valence electrons. The molecule has 0 spiro atoms. The molecule has 0 unspecified atom stereocenters. The lowest BCUT2D eigenvalue weighted by Crippen LogP contribution is -2.24. The van der Waals surface area contributed by atoms with Gasteiger partial charge in [0.05, 0.1) is 0 Å². The first-order valence-corrected chi connectivity index (χ1v) is 6.87. The van der Waals surface area contributed by atoms with E-state index in [4.69, 9.17) is 4.74 Å². The van der Waals surface area contributed by atoms with Gasteiger partial charge in [-0.2, -0.15) is 5.26 Å². The van der Waals surface area contributed by atoms with Crippen molar-refractivity contribution < 1.29 is 9.53 Å². The lowest BCUT2D eigenvalue weighted by atomic mass is 10.1. The van der Waals surface area contributed by atoms with Crippen LogP contribution in [-0.2, 0) is 9.53 Å². The van der Waals surface area contributed by atoms with Gasteiger partial charge in [-0.3, -0.25) is 4.98 Å². The first-order valence-electron chi connectivity index (χ1n) is 6.87. The molecule has 1 aromatic rings. The second-order valence-corrected chi connectivity index (χ2v) is 5.96. The molecule has 0 radical (unpaired) electrons. The molecule has 0 aliphatic carbocycles. The van der Waals surface area contributed by atoms with Crippen LogP contribution in [0, 0.1) is 11.3 Å². The minimum absolute atomic E-state index is 0.0492. The van der Waals surface area contributed by atoms with Gasteiger partial charge in [-0.1, -0.05) is 6.07 Å². The Morgan fingerprint density at radius 2 is 2.09 bits per heavy atom. The Kier molecular flexibility index (Phi) is 5.88. The third-order valence-electron chi connectivity index (χ3n) is 2.43. The number of allylic oxidation sites excluding steroid dienone is 2. The number of hydrogen-bond donors (Lipinski definition) is 0.